The van der Waals surface area contributed by atoms with Gasteiger partial charge in [-0.15, -0.1) is 0 Å². The van der Waals surface area contributed by atoms with Gasteiger partial charge in [-0.25, -0.2) is 0 Å². The van der Waals surface area contributed by atoms with Gasteiger partial charge in [-0.05, 0) is 30.5 Å². The molecule has 2 aliphatic rings. The van der Waals surface area contributed by atoms with Crippen molar-refractivity contribution in [3.8, 4) is 0 Å². The fourth-order valence-electron chi connectivity index (χ4n) is 4.39. The van der Waals surface area contributed by atoms with E-state index in [0.29, 0.717) is 30.5 Å². The smallest absolute Gasteiger partial charge is 0.262 e. The number of rotatable bonds is 5. The molecule has 0 radical (unpaired) electrons. The highest BCUT2D eigenvalue weighted by molar-refractivity contribution is 6.23. The van der Waals surface area contributed by atoms with Crippen LogP contribution in [0.4, 0.5) is 0 Å². The molecule has 0 N–H and O–H groups in total. The highest BCUT2D eigenvalue weighted by atomic mass is 16.2. The number of amides is 4. The lowest BCUT2D eigenvalue weighted by Gasteiger charge is -2.33. The molecule has 2 atom stereocenters. The fourth-order valence-corrected chi connectivity index (χ4v) is 4.39. The van der Waals surface area contributed by atoms with Gasteiger partial charge < -0.3 is 9.80 Å². The number of carbonyl (C=O) groups excluding carboxylic acids is 4. The summed E-state index contributed by atoms with van der Waals surface area (Å²) in [4.78, 5) is 56.8. The van der Waals surface area contributed by atoms with Crippen LogP contribution in [0.1, 0.15) is 39.1 Å². The maximum absolute atomic E-state index is 13.7. The molecule has 2 heterocycles. The van der Waals surface area contributed by atoms with Crippen LogP contribution in [0, 0.1) is 0 Å². The van der Waals surface area contributed by atoms with Gasteiger partial charge in [-0.2, -0.15) is 0 Å². The van der Waals surface area contributed by atoms with Gasteiger partial charge >= 0.3 is 0 Å². The Kier molecular flexibility index (Phi) is 5.59. The van der Waals surface area contributed by atoms with Gasteiger partial charge in [-0.1, -0.05) is 42.5 Å². The van der Waals surface area contributed by atoms with Crippen molar-refractivity contribution in [2.75, 3.05) is 20.6 Å². The number of hydrogen-bond donors (Lipinski definition) is 0. The van der Waals surface area contributed by atoms with Gasteiger partial charge in [0.1, 0.15) is 12.1 Å². The van der Waals surface area contributed by atoms with E-state index in [-0.39, 0.29) is 18.2 Å². The molecule has 7 nitrogen and oxygen atoms in total. The number of likely N-dealkylation sites (N-methyl/N-ethyl adjacent to an activating group) is 1. The summed E-state index contributed by atoms with van der Waals surface area (Å²) in [7, 11) is 3.32. The third kappa shape index (κ3) is 3.71. The molecular formula is C24H25N3O4. The lowest BCUT2D eigenvalue weighted by Crippen LogP contribution is -2.55. The van der Waals surface area contributed by atoms with Crippen LogP contribution in [-0.2, 0) is 16.0 Å². The molecule has 31 heavy (non-hydrogen) atoms. The molecule has 0 saturated carbocycles. The third-order valence-electron chi connectivity index (χ3n) is 5.96. The lowest BCUT2D eigenvalue weighted by atomic mass is 10.0. The first kappa shape index (κ1) is 20.8. The summed E-state index contributed by atoms with van der Waals surface area (Å²) in [6, 6.07) is 14.3. The zero-order valence-electron chi connectivity index (χ0n) is 17.7. The zero-order chi connectivity index (χ0) is 22.1. The maximum Gasteiger partial charge on any atom is 0.262 e. The van der Waals surface area contributed by atoms with Crippen molar-refractivity contribution < 1.29 is 19.2 Å². The molecule has 2 aromatic carbocycles. The van der Waals surface area contributed by atoms with Crippen LogP contribution < -0.4 is 0 Å². The van der Waals surface area contributed by atoms with Gasteiger partial charge in [0.25, 0.3) is 11.8 Å². The summed E-state index contributed by atoms with van der Waals surface area (Å²) in [6.07, 6.45) is 1.48. The number of carbonyl (C=O) groups is 4. The van der Waals surface area contributed by atoms with E-state index in [1.54, 1.807) is 43.3 Å². The van der Waals surface area contributed by atoms with Gasteiger partial charge in [0.05, 0.1) is 11.1 Å². The Morgan fingerprint density at radius 3 is 2.13 bits per heavy atom. The van der Waals surface area contributed by atoms with Gasteiger partial charge in [0, 0.05) is 27.1 Å². The van der Waals surface area contributed by atoms with E-state index >= 15 is 0 Å². The normalized spacial score (nSPS) is 18.8. The minimum atomic E-state index is -1.01. The number of benzene rings is 2. The summed E-state index contributed by atoms with van der Waals surface area (Å²) in [5.74, 6) is -1.45. The molecule has 4 amide bonds. The zero-order valence-corrected chi connectivity index (χ0v) is 17.7. The topological polar surface area (TPSA) is 78.0 Å². The predicted octanol–water partition coefficient (Wildman–Crippen LogP) is 1.97. The standard InChI is InChI=1S/C24H25N3O4/c1-25(2)23(30)19-13-8-14-26(19)24(31)20(15-16-9-4-3-5-10-16)27-21(28)17-11-6-7-12-18(17)22(27)29/h3-7,9-12,19-20H,8,13-15H2,1-2H3/t19-,20-/m0/s1. The Bertz CT molecular complexity index is 999. The molecule has 0 unspecified atom stereocenters. The monoisotopic (exact) mass is 419 g/mol. The fraction of sp³-hybridized carbons (Fsp3) is 0.333. The summed E-state index contributed by atoms with van der Waals surface area (Å²) in [5, 5.41) is 0. The SMILES string of the molecule is CN(C)C(=O)[C@@H]1CCCN1C(=O)[C@H](Cc1ccccc1)N1C(=O)c2ccccc2C1=O. The Morgan fingerprint density at radius 2 is 1.55 bits per heavy atom. The molecule has 160 valence electrons. The van der Waals surface area contributed by atoms with Crippen LogP contribution in [-0.4, -0.2) is 71.1 Å². The van der Waals surface area contributed by atoms with Crippen molar-refractivity contribution >= 4 is 23.6 Å². The van der Waals surface area contributed by atoms with E-state index in [1.165, 1.54) is 4.90 Å². The molecule has 7 heteroatoms. The van der Waals surface area contributed by atoms with Crippen LogP contribution in [0.5, 0.6) is 0 Å². The van der Waals surface area contributed by atoms with Crippen molar-refractivity contribution in [3.63, 3.8) is 0 Å². The van der Waals surface area contributed by atoms with E-state index in [1.807, 2.05) is 30.3 Å². The van der Waals surface area contributed by atoms with Gasteiger partial charge in [-0.3, -0.25) is 24.1 Å². The molecular weight excluding hydrogens is 394 g/mol. The van der Waals surface area contributed by atoms with E-state index in [0.717, 1.165) is 10.5 Å². The second-order valence-corrected chi connectivity index (χ2v) is 8.15. The third-order valence-corrected chi connectivity index (χ3v) is 5.96. The molecule has 0 aliphatic carbocycles. The van der Waals surface area contributed by atoms with Crippen LogP contribution in [0.25, 0.3) is 0 Å². The quantitative estimate of drug-likeness (QED) is 0.695. The van der Waals surface area contributed by atoms with Gasteiger partial charge in [0.2, 0.25) is 11.8 Å². The minimum Gasteiger partial charge on any atom is -0.347 e. The number of fused-ring (bicyclic) bond motifs is 1. The molecule has 0 aromatic heterocycles. The molecule has 1 fully saturated rings. The van der Waals surface area contributed by atoms with Gasteiger partial charge in [0.15, 0.2) is 0 Å². The average molecular weight is 419 g/mol. The summed E-state index contributed by atoms with van der Waals surface area (Å²) in [6.45, 7) is 0.428. The minimum absolute atomic E-state index is 0.147. The van der Waals surface area contributed by atoms with Crippen molar-refractivity contribution in [1.82, 2.24) is 14.7 Å². The molecule has 0 bridgehead atoms. The van der Waals surface area contributed by atoms with Crippen LogP contribution in [0.3, 0.4) is 0 Å². The van der Waals surface area contributed by atoms with E-state index < -0.39 is 23.9 Å². The Labute approximate surface area is 181 Å². The van der Waals surface area contributed by atoms with E-state index in [2.05, 4.69) is 0 Å². The number of imide groups is 1. The Hall–Kier alpha value is -3.48. The molecule has 4 rings (SSSR count). The lowest BCUT2D eigenvalue weighted by molar-refractivity contribution is -0.144. The number of hydrogen-bond acceptors (Lipinski definition) is 4. The first-order valence-corrected chi connectivity index (χ1v) is 10.4. The second-order valence-electron chi connectivity index (χ2n) is 8.15. The van der Waals surface area contributed by atoms with Crippen molar-refractivity contribution in [2.45, 2.75) is 31.3 Å². The van der Waals surface area contributed by atoms with Crippen LogP contribution in [0.15, 0.2) is 54.6 Å². The van der Waals surface area contributed by atoms with E-state index in [4.69, 9.17) is 0 Å². The Balaban J connectivity index is 1.70. The summed E-state index contributed by atoms with van der Waals surface area (Å²) >= 11 is 0. The highest BCUT2D eigenvalue weighted by Crippen LogP contribution is 2.29. The molecule has 0 spiro atoms. The Morgan fingerprint density at radius 1 is 0.968 bits per heavy atom. The van der Waals surface area contributed by atoms with E-state index in [9.17, 15) is 19.2 Å². The predicted molar refractivity (Wildman–Crippen MR) is 114 cm³/mol. The molecule has 2 aliphatic heterocycles. The summed E-state index contributed by atoms with van der Waals surface area (Å²) < 4.78 is 0. The van der Waals surface area contributed by atoms with Crippen molar-refractivity contribution in [3.05, 3.63) is 71.3 Å². The number of nitrogens with zero attached hydrogens (tertiary/aromatic N) is 3. The number of likely N-dealkylation sites (tertiary alicyclic amines) is 1. The van der Waals surface area contributed by atoms with Crippen molar-refractivity contribution in [2.24, 2.45) is 0 Å². The van der Waals surface area contributed by atoms with Crippen LogP contribution in [0.2, 0.25) is 0 Å². The molecule has 2 aromatic rings. The van der Waals surface area contributed by atoms with Crippen LogP contribution >= 0.6 is 0 Å². The highest BCUT2D eigenvalue weighted by Gasteiger charge is 2.46. The molecule has 1 saturated heterocycles. The average Bonchev–Trinajstić information content (AvgIpc) is 3.36. The first-order chi connectivity index (χ1) is 14.9. The summed E-state index contributed by atoms with van der Waals surface area (Å²) in [5.41, 5.74) is 1.45. The second kappa shape index (κ2) is 8.34. The largest absolute Gasteiger partial charge is 0.347 e. The first-order valence-electron chi connectivity index (χ1n) is 10.4. The van der Waals surface area contributed by atoms with Crippen molar-refractivity contribution in [1.29, 1.82) is 0 Å². The maximum atomic E-state index is 13.7.